The second kappa shape index (κ2) is 7.81. The standard InChI is InChI=1S/C25H26N4O/c1-16-9-11-18(12-10-16)23-20(15-26)25(27)29(28(2)3)21-13-19(14-22(30)24(21)23)17-7-5-4-6-8-17/h4-12,19,23H,13-14,27H2,1-3H3/t19-,23+/m0/s1. The van der Waals surface area contributed by atoms with Crippen molar-refractivity contribution < 1.29 is 4.79 Å². The number of carbonyl (C=O) groups excluding carboxylic acids is 1. The minimum atomic E-state index is -0.425. The summed E-state index contributed by atoms with van der Waals surface area (Å²) in [6.45, 7) is 2.02. The summed E-state index contributed by atoms with van der Waals surface area (Å²) < 4.78 is 0. The van der Waals surface area contributed by atoms with Gasteiger partial charge in [-0.1, -0.05) is 60.2 Å². The maximum absolute atomic E-state index is 13.5. The molecule has 1 aliphatic heterocycles. The van der Waals surface area contributed by atoms with Crippen molar-refractivity contribution in [3.63, 3.8) is 0 Å². The molecule has 0 fully saturated rings. The van der Waals surface area contributed by atoms with E-state index in [1.807, 2.05) is 73.5 Å². The van der Waals surface area contributed by atoms with Crippen LogP contribution in [0.3, 0.4) is 0 Å². The molecular weight excluding hydrogens is 372 g/mol. The van der Waals surface area contributed by atoms with E-state index in [-0.39, 0.29) is 11.7 Å². The molecule has 0 aromatic heterocycles. The first-order valence-corrected chi connectivity index (χ1v) is 10.2. The Balaban J connectivity index is 1.89. The van der Waals surface area contributed by atoms with Crippen LogP contribution in [0.25, 0.3) is 0 Å². The molecule has 5 nitrogen and oxygen atoms in total. The molecular formula is C25H26N4O. The molecule has 0 radical (unpaired) electrons. The van der Waals surface area contributed by atoms with Gasteiger partial charge < -0.3 is 5.73 Å². The van der Waals surface area contributed by atoms with Crippen molar-refractivity contribution in [2.45, 2.75) is 31.6 Å². The molecule has 0 amide bonds. The third-order valence-corrected chi connectivity index (χ3v) is 6.02. The number of carbonyl (C=O) groups is 1. The molecule has 2 atom stereocenters. The monoisotopic (exact) mass is 398 g/mol. The predicted octanol–water partition coefficient (Wildman–Crippen LogP) is 3.97. The van der Waals surface area contributed by atoms with Crippen molar-refractivity contribution in [3.8, 4) is 6.07 Å². The van der Waals surface area contributed by atoms with Gasteiger partial charge in [0.15, 0.2) is 5.78 Å². The highest BCUT2D eigenvalue weighted by molar-refractivity contribution is 6.00. The number of allylic oxidation sites excluding steroid dienone is 3. The van der Waals surface area contributed by atoms with Gasteiger partial charge >= 0.3 is 0 Å². The first-order chi connectivity index (χ1) is 14.4. The molecule has 2 aliphatic rings. The van der Waals surface area contributed by atoms with Crippen LogP contribution in [0.4, 0.5) is 0 Å². The Hall–Kier alpha value is -3.36. The number of hydrazine groups is 1. The number of nitrogens with zero attached hydrogens (tertiary/aromatic N) is 3. The van der Waals surface area contributed by atoms with Crippen LogP contribution >= 0.6 is 0 Å². The molecule has 2 aromatic carbocycles. The normalized spacial score (nSPS) is 21.7. The zero-order chi connectivity index (χ0) is 21.4. The highest BCUT2D eigenvalue weighted by atomic mass is 16.1. The molecule has 0 spiro atoms. The number of benzene rings is 2. The SMILES string of the molecule is Cc1ccc([C@@H]2C(C#N)=C(N)N(N(C)C)C3=C2C(=O)C[C@@H](c2ccccc2)C3)cc1. The van der Waals surface area contributed by atoms with Gasteiger partial charge in [0.1, 0.15) is 5.82 Å². The fourth-order valence-electron chi connectivity index (χ4n) is 4.62. The summed E-state index contributed by atoms with van der Waals surface area (Å²) in [5.41, 5.74) is 11.8. The van der Waals surface area contributed by atoms with E-state index in [0.29, 0.717) is 29.8 Å². The van der Waals surface area contributed by atoms with Crippen LogP contribution in [0.1, 0.15) is 41.4 Å². The number of Topliss-reactive ketones (excluding diaryl/α,β-unsaturated/α-hetero) is 1. The lowest BCUT2D eigenvalue weighted by molar-refractivity contribution is -0.117. The van der Waals surface area contributed by atoms with Gasteiger partial charge in [0, 0.05) is 31.8 Å². The molecule has 152 valence electrons. The second-order valence-corrected chi connectivity index (χ2v) is 8.21. The largest absolute Gasteiger partial charge is 0.383 e. The Morgan fingerprint density at radius 1 is 1.03 bits per heavy atom. The quantitative estimate of drug-likeness (QED) is 0.847. The van der Waals surface area contributed by atoms with Gasteiger partial charge in [0.05, 0.1) is 17.6 Å². The Bertz CT molecular complexity index is 1070. The van der Waals surface area contributed by atoms with E-state index in [1.165, 1.54) is 0 Å². The first-order valence-electron chi connectivity index (χ1n) is 10.2. The van der Waals surface area contributed by atoms with Gasteiger partial charge in [-0.3, -0.25) is 9.80 Å². The molecule has 1 aliphatic carbocycles. The van der Waals surface area contributed by atoms with Crippen molar-refractivity contribution >= 4 is 5.78 Å². The number of rotatable bonds is 3. The van der Waals surface area contributed by atoms with Crippen molar-refractivity contribution in [3.05, 3.63) is 94.0 Å². The van der Waals surface area contributed by atoms with Crippen LogP contribution in [0.2, 0.25) is 0 Å². The minimum absolute atomic E-state index is 0.0859. The zero-order valence-electron chi connectivity index (χ0n) is 17.6. The van der Waals surface area contributed by atoms with Gasteiger partial charge in [-0.05, 0) is 30.4 Å². The molecule has 5 heteroatoms. The van der Waals surface area contributed by atoms with Crippen molar-refractivity contribution in [2.75, 3.05) is 14.1 Å². The van der Waals surface area contributed by atoms with E-state index in [0.717, 1.165) is 22.4 Å². The molecule has 0 bridgehead atoms. The van der Waals surface area contributed by atoms with E-state index in [2.05, 4.69) is 18.2 Å². The Kier molecular flexibility index (Phi) is 5.19. The van der Waals surface area contributed by atoms with Crippen LogP contribution < -0.4 is 5.73 Å². The molecule has 1 heterocycles. The highest BCUT2D eigenvalue weighted by Gasteiger charge is 2.43. The van der Waals surface area contributed by atoms with Crippen LogP contribution in [0, 0.1) is 18.3 Å². The van der Waals surface area contributed by atoms with Gasteiger partial charge in [-0.15, -0.1) is 0 Å². The number of nitriles is 1. The number of nitrogens with two attached hydrogens (primary N) is 1. The van der Waals surface area contributed by atoms with Gasteiger partial charge in [0.2, 0.25) is 0 Å². The summed E-state index contributed by atoms with van der Waals surface area (Å²) in [6.07, 6.45) is 1.14. The van der Waals surface area contributed by atoms with Gasteiger partial charge in [0.25, 0.3) is 0 Å². The lowest BCUT2D eigenvalue weighted by atomic mass is 9.72. The average Bonchev–Trinajstić information content (AvgIpc) is 2.73. The highest BCUT2D eigenvalue weighted by Crippen LogP contribution is 2.48. The van der Waals surface area contributed by atoms with Crippen LogP contribution in [0.5, 0.6) is 0 Å². The summed E-state index contributed by atoms with van der Waals surface area (Å²) in [7, 11) is 3.77. The topological polar surface area (TPSA) is 73.4 Å². The van der Waals surface area contributed by atoms with Crippen molar-refractivity contribution in [2.24, 2.45) is 5.73 Å². The Labute approximate surface area is 177 Å². The van der Waals surface area contributed by atoms with Crippen molar-refractivity contribution in [1.29, 1.82) is 5.26 Å². The van der Waals surface area contributed by atoms with Gasteiger partial charge in [-0.25, -0.2) is 5.01 Å². The number of ketones is 1. The molecule has 4 rings (SSSR count). The molecule has 2 N–H and O–H groups in total. The Morgan fingerprint density at radius 3 is 2.30 bits per heavy atom. The summed E-state index contributed by atoms with van der Waals surface area (Å²) in [5.74, 6) is 0.150. The lowest BCUT2D eigenvalue weighted by Crippen LogP contribution is -2.46. The predicted molar refractivity (Wildman–Crippen MR) is 117 cm³/mol. The Morgan fingerprint density at radius 2 is 1.70 bits per heavy atom. The average molecular weight is 399 g/mol. The van der Waals surface area contributed by atoms with E-state index < -0.39 is 5.92 Å². The molecule has 0 saturated carbocycles. The first kappa shape index (κ1) is 19.9. The van der Waals surface area contributed by atoms with E-state index in [4.69, 9.17) is 5.73 Å². The molecule has 2 aromatic rings. The number of aryl methyl sites for hydroxylation is 1. The smallest absolute Gasteiger partial charge is 0.162 e. The number of hydrogen-bond donors (Lipinski definition) is 1. The molecule has 0 saturated heterocycles. The third-order valence-electron chi connectivity index (χ3n) is 6.02. The summed E-state index contributed by atoms with van der Waals surface area (Å²) in [5, 5.41) is 13.7. The maximum Gasteiger partial charge on any atom is 0.162 e. The van der Waals surface area contributed by atoms with Crippen molar-refractivity contribution in [1.82, 2.24) is 10.0 Å². The zero-order valence-corrected chi connectivity index (χ0v) is 17.6. The van der Waals surface area contributed by atoms with Crippen LogP contribution in [-0.4, -0.2) is 29.9 Å². The lowest BCUT2D eigenvalue weighted by Gasteiger charge is -2.43. The summed E-state index contributed by atoms with van der Waals surface area (Å²) in [4.78, 5) is 13.5. The molecule has 0 unspecified atom stereocenters. The van der Waals surface area contributed by atoms with Crippen LogP contribution in [-0.2, 0) is 4.79 Å². The number of hydrogen-bond acceptors (Lipinski definition) is 5. The van der Waals surface area contributed by atoms with E-state index in [9.17, 15) is 10.1 Å². The maximum atomic E-state index is 13.5. The summed E-state index contributed by atoms with van der Waals surface area (Å²) >= 11 is 0. The fraction of sp³-hybridized carbons (Fsp3) is 0.280. The fourth-order valence-corrected chi connectivity index (χ4v) is 4.62. The van der Waals surface area contributed by atoms with E-state index >= 15 is 0 Å². The summed E-state index contributed by atoms with van der Waals surface area (Å²) in [6, 6.07) is 20.5. The van der Waals surface area contributed by atoms with E-state index in [1.54, 1.807) is 0 Å². The minimum Gasteiger partial charge on any atom is -0.383 e. The molecule has 30 heavy (non-hydrogen) atoms. The third kappa shape index (κ3) is 3.30. The second-order valence-electron chi connectivity index (χ2n) is 8.21. The van der Waals surface area contributed by atoms with Crippen LogP contribution in [0.15, 0.2) is 77.3 Å². The van der Waals surface area contributed by atoms with Gasteiger partial charge in [-0.2, -0.15) is 5.26 Å².